The zero-order valence-corrected chi connectivity index (χ0v) is 16.5. The average Bonchev–Trinajstić information content (AvgIpc) is 3.28. The number of hydrogen-bond acceptors (Lipinski definition) is 9. The molecule has 3 aromatic heterocycles. The normalized spacial score (nSPS) is 18.1. The Morgan fingerprint density at radius 3 is 2.10 bits per heavy atom. The lowest BCUT2D eigenvalue weighted by molar-refractivity contribution is -0.141. The summed E-state index contributed by atoms with van der Waals surface area (Å²) in [4.78, 5) is 22.3. The predicted molar refractivity (Wildman–Crippen MR) is 105 cm³/mol. The number of alkyl halides is 3. The van der Waals surface area contributed by atoms with E-state index in [2.05, 4.69) is 34.8 Å². The molecular weight excluding hydrogens is 415 g/mol. The fourth-order valence-corrected chi connectivity index (χ4v) is 3.81. The van der Waals surface area contributed by atoms with Crippen LogP contribution in [0.3, 0.4) is 0 Å². The van der Waals surface area contributed by atoms with Gasteiger partial charge in [-0.05, 0) is 0 Å². The third kappa shape index (κ3) is 3.92. The van der Waals surface area contributed by atoms with Gasteiger partial charge in [-0.1, -0.05) is 0 Å². The minimum absolute atomic E-state index is 0.0711. The highest BCUT2D eigenvalue weighted by molar-refractivity contribution is 5.53. The van der Waals surface area contributed by atoms with Gasteiger partial charge in [0.1, 0.15) is 30.1 Å². The molecule has 0 aliphatic carbocycles. The first-order chi connectivity index (χ1) is 15.0. The second-order valence-electron chi connectivity index (χ2n) is 7.28. The number of nitrogens with zero attached hydrogens (tertiary/aromatic N) is 9. The molecule has 3 aromatic rings. The third-order valence-electron chi connectivity index (χ3n) is 5.42. The van der Waals surface area contributed by atoms with Crippen LogP contribution >= 0.6 is 0 Å². The maximum Gasteiger partial charge on any atom is 0.433 e. The maximum atomic E-state index is 13.3. The molecule has 0 bridgehead atoms. The van der Waals surface area contributed by atoms with Crippen molar-refractivity contribution in [2.75, 3.05) is 67.2 Å². The molecule has 5 rings (SSSR count). The van der Waals surface area contributed by atoms with Crippen LogP contribution in [-0.2, 0) is 10.9 Å². The predicted octanol–water partition coefficient (Wildman–Crippen LogP) is 1.10. The molecule has 0 saturated carbocycles. The Kier molecular flexibility index (Phi) is 4.96. The van der Waals surface area contributed by atoms with Crippen molar-refractivity contribution in [2.45, 2.75) is 6.18 Å². The highest BCUT2D eigenvalue weighted by Gasteiger charge is 2.35. The molecule has 31 heavy (non-hydrogen) atoms. The molecule has 10 nitrogen and oxygen atoms in total. The number of hydrogen-bond donors (Lipinski definition) is 0. The lowest BCUT2D eigenvalue weighted by atomic mass is 10.2. The van der Waals surface area contributed by atoms with E-state index < -0.39 is 11.9 Å². The number of fused-ring (bicyclic) bond motifs is 1. The van der Waals surface area contributed by atoms with E-state index in [-0.39, 0.29) is 5.78 Å². The molecule has 0 atom stereocenters. The topological polar surface area (TPSA) is 87.8 Å². The fourth-order valence-electron chi connectivity index (χ4n) is 3.81. The summed E-state index contributed by atoms with van der Waals surface area (Å²) in [5.74, 6) is 1.90. The van der Waals surface area contributed by atoms with Gasteiger partial charge in [-0.25, -0.2) is 15.0 Å². The van der Waals surface area contributed by atoms with E-state index in [1.807, 2.05) is 11.0 Å². The second kappa shape index (κ2) is 7.80. The van der Waals surface area contributed by atoms with E-state index in [0.717, 1.165) is 30.8 Å². The molecule has 2 fully saturated rings. The van der Waals surface area contributed by atoms with E-state index in [1.54, 1.807) is 6.33 Å². The fraction of sp³-hybridized carbons (Fsp3) is 0.500. The Bertz CT molecular complexity index is 1060. The number of piperazine rings is 1. The Morgan fingerprint density at radius 2 is 1.42 bits per heavy atom. The van der Waals surface area contributed by atoms with Gasteiger partial charge in [0.05, 0.1) is 13.2 Å². The van der Waals surface area contributed by atoms with E-state index in [0.29, 0.717) is 45.2 Å². The molecule has 0 amide bonds. The van der Waals surface area contributed by atoms with E-state index in [9.17, 15) is 13.2 Å². The molecule has 0 aromatic carbocycles. The first-order valence-corrected chi connectivity index (χ1v) is 9.92. The van der Waals surface area contributed by atoms with Gasteiger partial charge >= 0.3 is 6.18 Å². The van der Waals surface area contributed by atoms with Crippen molar-refractivity contribution in [3.8, 4) is 0 Å². The summed E-state index contributed by atoms with van der Waals surface area (Å²) in [5, 5.41) is 4.04. The van der Waals surface area contributed by atoms with Crippen LogP contribution in [-0.4, -0.2) is 82.0 Å². The molecule has 5 heterocycles. The van der Waals surface area contributed by atoms with Gasteiger partial charge < -0.3 is 19.4 Å². The van der Waals surface area contributed by atoms with Crippen molar-refractivity contribution in [1.82, 2.24) is 29.5 Å². The highest BCUT2D eigenvalue weighted by Crippen LogP contribution is 2.31. The van der Waals surface area contributed by atoms with Crippen LogP contribution in [0, 0.1) is 0 Å². The van der Waals surface area contributed by atoms with Crippen LogP contribution in [0.25, 0.3) is 5.78 Å². The highest BCUT2D eigenvalue weighted by atomic mass is 19.4. The summed E-state index contributed by atoms with van der Waals surface area (Å²) in [5.41, 5.74) is -0.976. The van der Waals surface area contributed by atoms with Crippen molar-refractivity contribution < 1.29 is 17.9 Å². The van der Waals surface area contributed by atoms with E-state index in [1.165, 1.54) is 10.8 Å². The van der Waals surface area contributed by atoms with Gasteiger partial charge in [-0.3, -0.25) is 0 Å². The van der Waals surface area contributed by atoms with Gasteiger partial charge in [0, 0.05) is 51.4 Å². The molecule has 2 aliphatic rings. The molecule has 0 spiro atoms. The summed E-state index contributed by atoms with van der Waals surface area (Å²) in [7, 11) is 0. The van der Waals surface area contributed by atoms with Crippen LogP contribution in [0.2, 0.25) is 0 Å². The minimum atomic E-state index is -4.55. The molecular formula is C18H20F3N9O. The zero-order valence-electron chi connectivity index (χ0n) is 16.5. The van der Waals surface area contributed by atoms with Crippen molar-refractivity contribution in [3.63, 3.8) is 0 Å². The second-order valence-corrected chi connectivity index (χ2v) is 7.28. The maximum absolute atomic E-state index is 13.3. The first-order valence-electron chi connectivity index (χ1n) is 9.92. The van der Waals surface area contributed by atoms with Crippen LogP contribution in [0.5, 0.6) is 0 Å². The molecule has 0 N–H and O–H groups in total. The summed E-state index contributed by atoms with van der Waals surface area (Å²) >= 11 is 0. The number of anilines is 3. The number of ether oxygens (including phenoxy) is 1. The van der Waals surface area contributed by atoms with Crippen molar-refractivity contribution >= 4 is 23.2 Å². The molecule has 164 valence electrons. The van der Waals surface area contributed by atoms with Crippen LogP contribution in [0.4, 0.5) is 30.6 Å². The van der Waals surface area contributed by atoms with Gasteiger partial charge in [-0.15, -0.1) is 0 Å². The molecule has 0 unspecified atom stereocenters. The number of halogens is 3. The summed E-state index contributed by atoms with van der Waals surface area (Å²) in [6.07, 6.45) is -1.80. The summed E-state index contributed by atoms with van der Waals surface area (Å²) in [6, 6.07) is 2.98. The van der Waals surface area contributed by atoms with Crippen molar-refractivity contribution in [3.05, 3.63) is 30.5 Å². The first kappa shape index (κ1) is 19.7. The standard InChI is InChI=1S/C18H20F3N9O/c19-18(20,21)13-9-16(30-17(26-13)24-12-25-30)29-3-1-27(2-4-29)14-10-15(23-11-22-14)28-5-7-31-8-6-28/h9-12H,1-8H2. The van der Waals surface area contributed by atoms with E-state index in [4.69, 9.17) is 4.74 Å². The number of rotatable bonds is 3. The lowest BCUT2D eigenvalue weighted by Crippen LogP contribution is -2.47. The minimum Gasteiger partial charge on any atom is -0.378 e. The van der Waals surface area contributed by atoms with Crippen LogP contribution < -0.4 is 14.7 Å². The smallest absolute Gasteiger partial charge is 0.378 e. The molecule has 2 saturated heterocycles. The lowest BCUT2D eigenvalue weighted by Gasteiger charge is -2.37. The quantitative estimate of drug-likeness (QED) is 0.600. The number of morpholine rings is 1. The Balaban J connectivity index is 1.34. The Morgan fingerprint density at radius 1 is 0.774 bits per heavy atom. The van der Waals surface area contributed by atoms with Gasteiger partial charge in [0.25, 0.3) is 5.78 Å². The Hall–Kier alpha value is -3.22. The van der Waals surface area contributed by atoms with Gasteiger partial charge in [0.15, 0.2) is 5.69 Å². The summed E-state index contributed by atoms with van der Waals surface area (Å²) < 4.78 is 46.5. The third-order valence-corrected chi connectivity index (χ3v) is 5.42. The average molecular weight is 435 g/mol. The number of aromatic nitrogens is 6. The molecule has 2 aliphatic heterocycles. The molecule has 13 heteroatoms. The zero-order chi connectivity index (χ0) is 21.4. The van der Waals surface area contributed by atoms with Crippen LogP contribution in [0.15, 0.2) is 24.8 Å². The SMILES string of the molecule is FC(F)(F)c1cc(N2CCN(c3cc(N4CCOCC4)ncn3)CC2)n2ncnc2n1. The monoisotopic (exact) mass is 435 g/mol. The van der Waals surface area contributed by atoms with Crippen molar-refractivity contribution in [1.29, 1.82) is 0 Å². The van der Waals surface area contributed by atoms with E-state index >= 15 is 0 Å². The largest absolute Gasteiger partial charge is 0.433 e. The van der Waals surface area contributed by atoms with Crippen molar-refractivity contribution in [2.24, 2.45) is 0 Å². The van der Waals surface area contributed by atoms with Gasteiger partial charge in [0.2, 0.25) is 0 Å². The summed E-state index contributed by atoms with van der Waals surface area (Å²) in [6.45, 7) is 5.10. The Labute approximate surface area is 175 Å². The molecule has 0 radical (unpaired) electrons. The van der Waals surface area contributed by atoms with Gasteiger partial charge in [-0.2, -0.15) is 27.8 Å². The van der Waals surface area contributed by atoms with Crippen LogP contribution in [0.1, 0.15) is 5.69 Å².